The van der Waals surface area contributed by atoms with Crippen LogP contribution in [0.1, 0.15) is 24.8 Å². The van der Waals surface area contributed by atoms with E-state index < -0.39 is 11.4 Å². The van der Waals surface area contributed by atoms with E-state index in [4.69, 9.17) is 4.74 Å². The van der Waals surface area contributed by atoms with E-state index in [9.17, 15) is 19.5 Å². The molecule has 8 heteroatoms. The van der Waals surface area contributed by atoms with Crippen LogP contribution in [0.15, 0.2) is 18.2 Å². The van der Waals surface area contributed by atoms with Crippen molar-refractivity contribution < 1.29 is 24.2 Å². The van der Waals surface area contributed by atoms with Crippen molar-refractivity contribution in [3.8, 4) is 0 Å². The molecule has 0 unspecified atom stereocenters. The zero-order valence-corrected chi connectivity index (χ0v) is 15.9. The fourth-order valence-electron chi connectivity index (χ4n) is 4.94. The van der Waals surface area contributed by atoms with E-state index >= 15 is 0 Å². The van der Waals surface area contributed by atoms with Crippen LogP contribution in [0.3, 0.4) is 0 Å². The Labute approximate surface area is 163 Å². The highest BCUT2D eigenvalue weighted by atomic mass is 16.5. The first-order chi connectivity index (χ1) is 13.4. The lowest BCUT2D eigenvalue weighted by atomic mass is 9.81. The van der Waals surface area contributed by atoms with Crippen LogP contribution in [0.4, 0.5) is 16.2 Å². The molecule has 8 nitrogen and oxygen atoms in total. The second-order valence-corrected chi connectivity index (χ2v) is 7.93. The van der Waals surface area contributed by atoms with E-state index in [0.717, 1.165) is 30.5 Å². The molecule has 1 saturated carbocycles. The maximum atomic E-state index is 12.7. The van der Waals surface area contributed by atoms with Crippen molar-refractivity contribution in [1.29, 1.82) is 0 Å². The minimum atomic E-state index is -0.788. The van der Waals surface area contributed by atoms with E-state index in [-0.39, 0.29) is 31.0 Å². The summed E-state index contributed by atoms with van der Waals surface area (Å²) >= 11 is 0. The molecule has 0 spiro atoms. The summed E-state index contributed by atoms with van der Waals surface area (Å²) in [6, 6.07) is 5.24. The quantitative estimate of drug-likeness (QED) is 0.823. The number of carboxylic acid groups (broad SMARTS) is 1. The summed E-state index contributed by atoms with van der Waals surface area (Å²) in [5.74, 6) is -0.833. The van der Waals surface area contributed by atoms with Crippen LogP contribution in [0.5, 0.6) is 0 Å². The molecule has 1 aliphatic carbocycles. The van der Waals surface area contributed by atoms with Gasteiger partial charge >= 0.3 is 12.0 Å². The van der Waals surface area contributed by atoms with Gasteiger partial charge in [0.05, 0.1) is 5.41 Å². The third kappa shape index (κ3) is 3.01. The summed E-state index contributed by atoms with van der Waals surface area (Å²) in [4.78, 5) is 39.9. The first-order valence-corrected chi connectivity index (χ1v) is 9.66. The first-order valence-electron chi connectivity index (χ1n) is 9.66. The van der Waals surface area contributed by atoms with Crippen LogP contribution in [0.2, 0.25) is 0 Å². The predicted molar refractivity (Wildman–Crippen MR) is 102 cm³/mol. The van der Waals surface area contributed by atoms with Crippen molar-refractivity contribution in [2.75, 3.05) is 43.6 Å². The molecule has 2 atom stereocenters. The van der Waals surface area contributed by atoms with Gasteiger partial charge in [-0.1, -0.05) is 6.42 Å². The molecule has 1 aromatic rings. The number of hydrogen-bond acceptors (Lipinski definition) is 4. The van der Waals surface area contributed by atoms with Gasteiger partial charge in [0.15, 0.2) is 0 Å². The summed E-state index contributed by atoms with van der Waals surface area (Å²) in [6.07, 6.45) is 3.14. The fourth-order valence-corrected chi connectivity index (χ4v) is 4.94. The van der Waals surface area contributed by atoms with Crippen molar-refractivity contribution in [3.63, 3.8) is 0 Å². The highest BCUT2D eigenvalue weighted by Gasteiger charge is 2.55. The van der Waals surface area contributed by atoms with Gasteiger partial charge in [0.25, 0.3) is 5.91 Å². The average Bonchev–Trinajstić information content (AvgIpc) is 3.33. The lowest BCUT2D eigenvalue weighted by Gasteiger charge is -2.23. The highest BCUT2D eigenvalue weighted by Crippen LogP contribution is 2.49. The van der Waals surface area contributed by atoms with Crippen LogP contribution in [-0.4, -0.2) is 61.3 Å². The molecule has 3 amide bonds. The van der Waals surface area contributed by atoms with Crippen molar-refractivity contribution in [2.45, 2.75) is 25.7 Å². The Hall–Kier alpha value is -2.61. The molecule has 0 radical (unpaired) electrons. The van der Waals surface area contributed by atoms with Crippen molar-refractivity contribution >= 4 is 29.3 Å². The molecule has 0 bridgehead atoms. The molecule has 2 heterocycles. The molecule has 1 saturated heterocycles. The number of carbonyl (C=O) groups is 3. The van der Waals surface area contributed by atoms with Crippen molar-refractivity contribution in [3.05, 3.63) is 23.8 Å². The number of anilines is 2. The van der Waals surface area contributed by atoms with E-state index in [1.165, 1.54) is 7.11 Å². The number of urea groups is 1. The number of hydrogen-bond donors (Lipinski definition) is 2. The van der Waals surface area contributed by atoms with Gasteiger partial charge in [-0.25, -0.2) is 4.79 Å². The van der Waals surface area contributed by atoms with Crippen molar-refractivity contribution in [2.24, 2.45) is 11.3 Å². The Morgan fingerprint density at radius 1 is 1.36 bits per heavy atom. The van der Waals surface area contributed by atoms with Gasteiger partial charge in [0.2, 0.25) is 0 Å². The second kappa shape index (κ2) is 7.09. The Bertz CT molecular complexity index is 826. The number of nitrogens with one attached hydrogen (secondary N) is 1. The largest absolute Gasteiger partial charge is 0.481 e. The zero-order valence-electron chi connectivity index (χ0n) is 15.9. The number of benzene rings is 1. The Balaban J connectivity index is 1.44. The fraction of sp³-hybridized carbons (Fsp3) is 0.550. The van der Waals surface area contributed by atoms with Crippen LogP contribution < -0.4 is 10.2 Å². The summed E-state index contributed by atoms with van der Waals surface area (Å²) in [7, 11) is 1.49. The number of ether oxygens (including phenoxy) is 1. The average molecular weight is 387 g/mol. The molecule has 2 fully saturated rings. The van der Waals surface area contributed by atoms with E-state index in [2.05, 4.69) is 5.32 Å². The standard InChI is InChI=1S/C20H25N3O5/c1-28-11-17(24)23-8-6-13-9-15(4-5-16(13)23)21-19(27)22-10-14-3-2-7-20(14,12-22)18(25)26/h4-5,9,14H,2-3,6-8,10-12H2,1H3,(H,21,27)(H,25,26)/t14-,20+/m0/s1. The molecule has 1 aromatic carbocycles. The molecule has 28 heavy (non-hydrogen) atoms. The van der Waals surface area contributed by atoms with Gasteiger partial charge in [0.1, 0.15) is 6.61 Å². The van der Waals surface area contributed by atoms with Gasteiger partial charge in [-0.15, -0.1) is 0 Å². The van der Waals surface area contributed by atoms with Crippen LogP contribution in [0.25, 0.3) is 0 Å². The Morgan fingerprint density at radius 3 is 2.89 bits per heavy atom. The predicted octanol–water partition coefficient (Wildman–Crippen LogP) is 1.94. The third-order valence-electron chi connectivity index (χ3n) is 6.38. The van der Waals surface area contributed by atoms with E-state index in [1.54, 1.807) is 15.9 Å². The topological polar surface area (TPSA) is 99.2 Å². The molecule has 2 aliphatic heterocycles. The maximum absolute atomic E-state index is 12.7. The molecule has 4 rings (SSSR count). The van der Waals surface area contributed by atoms with Crippen LogP contribution in [0, 0.1) is 11.3 Å². The number of methoxy groups -OCH3 is 1. The van der Waals surface area contributed by atoms with Crippen LogP contribution in [-0.2, 0) is 20.7 Å². The minimum absolute atomic E-state index is 0.0381. The Morgan fingerprint density at radius 2 is 2.18 bits per heavy atom. The van der Waals surface area contributed by atoms with Gasteiger partial charge in [-0.2, -0.15) is 0 Å². The normalized spacial score (nSPS) is 25.5. The van der Waals surface area contributed by atoms with E-state index in [1.807, 2.05) is 12.1 Å². The number of likely N-dealkylation sites (tertiary alicyclic amines) is 1. The van der Waals surface area contributed by atoms with E-state index in [0.29, 0.717) is 25.2 Å². The maximum Gasteiger partial charge on any atom is 0.321 e. The lowest BCUT2D eigenvalue weighted by molar-refractivity contribution is -0.149. The Kier molecular flexibility index (Phi) is 4.74. The third-order valence-corrected chi connectivity index (χ3v) is 6.38. The van der Waals surface area contributed by atoms with Gasteiger partial charge in [-0.05, 0) is 48.9 Å². The lowest BCUT2D eigenvalue weighted by Crippen LogP contribution is -2.38. The molecule has 150 valence electrons. The number of nitrogens with zero attached hydrogens (tertiary/aromatic N) is 2. The number of fused-ring (bicyclic) bond motifs is 2. The molecule has 2 N–H and O–H groups in total. The van der Waals surface area contributed by atoms with Crippen molar-refractivity contribution in [1.82, 2.24) is 4.90 Å². The van der Waals surface area contributed by atoms with Gasteiger partial charge in [-0.3, -0.25) is 9.59 Å². The summed E-state index contributed by atoms with van der Waals surface area (Å²) in [6.45, 7) is 1.40. The zero-order chi connectivity index (χ0) is 19.9. The second-order valence-electron chi connectivity index (χ2n) is 7.93. The smallest absolute Gasteiger partial charge is 0.321 e. The highest BCUT2D eigenvalue weighted by molar-refractivity contribution is 5.97. The summed E-state index contributed by atoms with van der Waals surface area (Å²) in [5, 5.41) is 12.6. The molecule has 3 aliphatic rings. The minimum Gasteiger partial charge on any atom is -0.481 e. The number of carbonyl (C=O) groups excluding carboxylic acids is 2. The number of aliphatic carboxylic acids is 1. The number of carboxylic acids is 1. The van der Waals surface area contributed by atoms with Crippen LogP contribution >= 0.6 is 0 Å². The summed E-state index contributed by atoms with van der Waals surface area (Å²) in [5.41, 5.74) is 1.73. The number of rotatable bonds is 4. The van der Waals surface area contributed by atoms with Gasteiger partial charge in [0, 0.05) is 38.1 Å². The molecular formula is C20H25N3O5. The number of amides is 3. The molecular weight excluding hydrogens is 362 g/mol. The summed E-state index contributed by atoms with van der Waals surface area (Å²) < 4.78 is 4.93. The first kappa shape index (κ1) is 18.7. The molecule has 0 aromatic heterocycles. The monoisotopic (exact) mass is 387 g/mol. The van der Waals surface area contributed by atoms with Gasteiger partial charge < -0.3 is 25.0 Å². The SMILES string of the molecule is COCC(=O)N1CCc2cc(NC(=O)N3C[C@@H]4CCC[C@@]4(C(=O)O)C3)ccc21.